The molecule has 0 saturated heterocycles. The molecule has 2 rings (SSSR count). The van der Waals surface area contributed by atoms with E-state index in [0.29, 0.717) is 5.82 Å². The predicted octanol–water partition coefficient (Wildman–Crippen LogP) is 1.77. The van der Waals surface area contributed by atoms with Crippen molar-refractivity contribution in [2.75, 3.05) is 11.9 Å². The Balaban J connectivity index is 2.06. The molecule has 0 unspecified atom stereocenters. The molecule has 0 aliphatic heterocycles. The lowest BCUT2D eigenvalue weighted by Crippen LogP contribution is -2.19. The van der Waals surface area contributed by atoms with E-state index in [0.717, 1.165) is 13.0 Å². The fraction of sp³-hybridized carbons (Fsp3) is 0.267. The van der Waals surface area contributed by atoms with Crippen LogP contribution in [0.2, 0.25) is 0 Å². The van der Waals surface area contributed by atoms with Gasteiger partial charge in [0.25, 0.3) is 5.91 Å². The van der Waals surface area contributed by atoms with Gasteiger partial charge in [-0.15, -0.1) is 0 Å². The number of amides is 1. The minimum atomic E-state index is -0.568. The van der Waals surface area contributed by atoms with Gasteiger partial charge in [0, 0.05) is 13.6 Å². The summed E-state index contributed by atoms with van der Waals surface area (Å²) in [6.07, 6.45) is 3.99. The third-order valence-electron chi connectivity index (χ3n) is 3.13. The van der Waals surface area contributed by atoms with E-state index >= 15 is 0 Å². The van der Waals surface area contributed by atoms with Gasteiger partial charge in [-0.2, -0.15) is 0 Å². The lowest BCUT2D eigenvalue weighted by molar-refractivity contribution is 0.0995. The van der Waals surface area contributed by atoms with E-state index in [1.54, 1.807) is 6.20 Å². The van der Waals surface area contributed by atoms with Gasteiger partial charge in [-0.25, -0.2) is 9.97 Å². The first-order valence-electron chi connectivity index (χ1n) is 6.51. The molecular formula is C15H18N4O. The molecule has 0 atom stereocenters. The Morgan fingerprint density at radius 2 is 1.80 bits per heavy atom. The third kappa shape index (κ3) is 3.32. The summed E-state index contributed by atoms with van der Waals surface area (Å²) in [5.74, 6) is 0.136. The summed E-state index contributed by atoms with van der Waals surface area (Å²) in [4.78, 5) is 21.1. The molecule has 2 N–H and O–H groups in total. The Labute approximate surface area is 118 Å². The molecule has 0 bridgehead atoms. The van der Waals surface area contributed by atoms with E-state index in [1.165, 1.54) is 17.3 Å². The molecule has 1 aromatic carbocycles. The van der Waals surface area contributed by atoms with Crippen LogP contribution in [-0.2, 0) is 13.0 Å². The van der Waals surface area contributed by atoms with Gasteiger partial charge in [0.15, 0.2) is 0 Å². The Hall–Kier alpha value is -2.43. The highest BCUT2D eigenvalue weighted by molar-refractivity contribution is 5.90. The van der Waals surface area contributed by atoms with Crippen LogP contribution in [0, 0.1) is 0 Å². The highest BCUT2D eigenvalue weighted by Crippen LogP contribution is 2.12. The molecule has 0 saturated carbocycles. The number of benzene rings is 1. The molecule has 0 aliphatic rings. The summed E-state index contributed by atoms with van der Waals surface area (Å²) >= 11 is 0. The number of primary amides is 1. The first kappa shape index (κ1) is 14.0. The zero-order valence-electron chi connectivity index (χ0n) is 11.7. The van der Waals surface area contributed by atoms with Crippen molar-refractivity contribution < 1.29 is 4.79 Å². The van der Waals surface area contributed by atoms with Crippen LogP contribution in [0.5, 0.6) is 0 Å². The lowest BCUT2D eigenvalue weighted by Gasteiger charge is -2.18. The standard InChI is InChI=1S/C15H18N4O/c1-3-11-4-6-12(7-5-11)10-19(2)14-9-17-13(8-18-14)15(16)20/h4-9H,3,10H2,1-2H3,(H2,16,20). The summed E-state index contributed by atoms with van der Waals surface area (Å²) in [5.41, 5.74) is 7.83. The van der Waals surface area contributed by atoms with Gasteiger partial charge in [0.05, 0.1) is 12.4 Å². The van der Waals surface area contributed by atoms with Crippen molar-refractivity contribution in [3.63, 3.8) is 0 Å². The van der Waals surface area contributed by atoms with Crippen LogP contribution in [0.15, 0.2) is 36.7 Å². The SMILES string of the molecule is CCc1ccc(CN(C)c2cnc(C(N)=O)cn2)cc1. The van der Waals surface area contributed by atoms with Crippen molar-refractivity contribution in [1.29, 1.82) is 0 Å². The molecule has 104 valence electrons. The first-order chi connectivity index (χ1) is 9.60. The topological polar surface area (TPSA) is 72.1 Å². The van der Waals surface area contributed by atoms with Crippen molar-refractivity contribution in [1.82, 2.24) is 9.97 Å². The van der Waals surface area contributed by atoms with Crippen molar-refractivity contribution in [3.8, 4) is 0 Å². The third-order valence-corrected chi connectivity index (χ3v) is 3.13. The molecule has 0 aliphatic carbocycles. The number of carbonyl (C=O) groups is 1. The number of hydrogen-bond acceptors (Lipinski definition) is 4. The number of nitrogens with zero attached hydrogens (tertiary/aromatic N) is 3. The van der Waals surface area contributed by atoms with Gasteiger partial charge < -0.3 is 10.6 Å². The number of nitrogens with two attached hydrogens (primary N) is 1. The summed E-state index contributed by atoms with van der Waals surface area (Å²) < 4.78 is 0. The smallest absolute Gasteiger partial charge is 0.268 e. The van der Waals surface area contributed by atoms with Gasteiger partial charge in [-0.1, -0.05) is 31.2 Å². The molecule has 1 heterocycles. The molecule has 20 heavy (non-hydrogen) atoms. The Kier molecular flexibility index (Phi) is 4.30. The van der Waals surface area contributed by atoms with Gasteiger partial charge in [-0.3, -0.25) is 4.79 Å². The molecule has 5 heteroatoms. The fourth-order valence-corrected chi connectivity index (χ4v) is 1.88. The molecule has 0 radical (unpaired) electrons. The van der Waals surface area contributed by atoms with Crippen molar-refractivity contribution in [2.45, 2.75) is 19.9 Å². The van der Waals surface area contributed by atoms with Crippen LogP contribution < -0.4 is 10.6 Å². The Bertz CT molecular complexity index is 578. The van der Waals surface area contributed by atoms with E-state index in [-0.39, 0.29) is 5.69 Å². The van der Waals surface area contributed by atoms with Gasteiger partial charge in [0.1, 0.15) is 11.5 Å². The Morgan fingerprint density at radius 1 is 1.15 bits per heavy atom. The number of aryl methyl sites for hydroxylation is 1. The molecule has 1 amide bonds. The average Bonchev–Trinajstić information content (AvgIpc) is 2.48. The Morgan fingerprint density at radius 3 is 2.30 bits per heavy atom. The van der Waals surface area contributed by atoms with Crippen LogP contribution in [0.1, 0.15) is 28.5 Å². The zero-order chi connectivity index (χ0) is 14.5. The predicted molar refractivity (Wildman–Crippen MR) is 78.5 cm³/mol. The van der Waals surface area contributed by atoms with Gasteiger partial charge in [0.2, 0.25) is 0 Å². The second kappa shape index (κ2) is 6.14. The summed E-state index contributed by atoms with van der Waals surface area (Å²) in [7, 11) is 1.93. The second-order valence-corrected chi connectivity index (χ2v) is 4.65. The van der Waals surface area contributed by atoms with E-state index in [4.69, 9.17) is 5.73 Å². The monoisotopic (exact) mass is 270 g/mol. The highest BCUT2D eigenvalue weighted by atomic mass is 16.1. The average molecular weight is 270 g/mol. The van der Waals surface area contributed by atoms with E-state index in [1.807, 2.05) is 11.9 Å². The van der Waals surface area contributed by atoms with E-state index in [2.05, 4.69) is 41.2 Å². The molecule has 0 spiro atoms. The number of hydrogen-bond donors (Lipinski definition) is 1. The van der Waals surface area contributed by atoms with Crippen LogP contribution in [0.3, 0.4) is 0 Å². The van der Waals surface area contributed by atoms with E-state index < -0.39 is 5.91 Å². The lowest BCUT2D eigenvalue weighted by atomic mass is 10.1. The molecule has 5 nitrogen and oxygen atoms in total. The van der Waals surface area contributed by atoms with Crippen LogP contribution in [0.4, 0.5) is 5.82 Å². The maximum absolute atomic E-state index is 10.9. The highest BCUT2D eigenvalue weighted by Gasteiger charge is 2.07. The molecule has 0 fully saturated rings. The summed E-state index contributed by atoms with van der Waals surface area (Å²) in [5, 5.41) is 0. The largest absolute Gasteiger partial charge is 0.364 e. The van der Waals surface area contributed by atoms with Crippen molar-refractivity contribution in [2.24, 2.45) is 5.73 Å². The van der Waals surface area contributed by atoms with Gasteiger partial charge in [-0.05, 0) is 17.5 Å². The quantitative estimate of drug-likeness (QED) is 0.898. The van der Waals surface area contributed by atoms with Crippen molar-refractivity contribution in [3.05, 3.63) is 53.5 Å². The van der Waals surface area contributed by atoms with E-state index in [9.17, 15) is 4.79 Å². The number of aromatic nitrogens is 2. The molecular weight excluding hydrogens is 252 g/mol. The molecule has 1 aromatic heterocycles. The van der Waals surface area contributed by atoms with Crippen LogP contribution >= 0.6 is 0 Å². The van der Waals surface area contributed by atoms with Crippen LogP contribution in [0.25, 0.3) is 0 Å². The van der Waals surface area contributed by atoms with Crippen molar-refractivity contribution >= 4 is 11.7 Å². The number of carbonyl (C=O) groups excluding carboxylic acids is 1. The normalized spacial score (nSPS) is 10.3. The summed E-state index contributed by atoms with van der Waals surface area (Å²) in [6, 6.07) is 8.48. The summed E-state index contributed by atoms with van der Waals surface area (Å²) in [6.45, 7) is 2.87. The zero-order valence-corrected chi connectivity index (χ0v) is 11.7. The minimum Gasteiger partial charge on any atom is -0.364 e. The van der Waals surface area contributed by atoms with Gasteiger partial charge >= 0.3 is 0 Å². The molecule has 2 aromatic rings. The van der Waals surface area contributed by atoms with Crippen LogP contribution in [-0.4, -0.2) is 22.9 Å². The maximum Gasteiger partial charge on any atom is 0.268 e. The minimum absolute atomic E-state index is 0.175. The maximum atomic E-state index is 10.9. The number of rotatable bonds is 5. The number of anilines is 1. The first-order valence-corrected chi connectivity index (χ1v) is 6.51. The second-order valence-electron chi connectivity index (χ2n) is 4.65. The fourth-order valence-electron chi connectivity index (χ4n) is 1.88.